The molecule has 1 aliphatic heterocycles. The molecular weight excluding hydrogens is 376 g/mol. The Morgan fingerprint density at radius 2 is 1.70 bits per heavy atom. The van der Waals surface area contributed by atoms with Gasteiger partial charge >= 0.3 is 11.9 Å². The van der Waals surface area contributed by atoms with Crippen molar-refractivity contribution >= 4 is 40.4 Å². The van der Waals surface area contributed by atoms with Crippen molar-refractivity contribution in [2.45, 2.75) is 5.72 Å². The summed E-state index contributed by atoms with van der Waals surface area (Å²) in [6.45, 7) is 0. The Balaban J connectivity index is 2.26. The van der Waals surface area contributed by atoms with Crippen molar-refractivity contribution in [2.75, 3.05) is 7.11 Å². The zero-order valence-electron chi connectivity index (χ0n) is 14.0. The van der Waals surface area contributed by atoms with Gasteiger partial charge in [0.2, 0.25) is 0 Å². The maximum Gasteiger partial charge on any atom is 0.371 e. The molecule has 0 aliphatic carbocycles. The predicted octanol–water partition coefficient (Wildman–Crippen LogP) is 2.54. The smallest absolute Gasteiger partial charge is 0.371 e. The number of esters is 2. The third kappa shape index (κ3) is 3.16. The number of ether oxygens (including phenoxy) is 2. The first-order valence-corrected chi connectivity index (χ1v) is 8.02. The molecule has 9 heteroatoms. The fourth-order valence-electron chi connectivity index (χ4n) is 2.82. The molecule has 0 saturated heterocycles. The fourth-order valence-corrected chi connectivity index (χ4v) is 2.94. The Bertz CT molecular complexity index is 968. The van der Waals surface area contributed by atoms with Crippen molar-refractivity contribution in [3.05, 3.63) is 74.8 Å². The van der Waals surface area contributed by atoms with E-state index in [0.717, 1.165) is 7.11 Å². The Labute approximate surface area is 158 Å². The monoisotopic (exact) mass is 388 g/mol. The zero-order valence-corrected chi connectivity index (χ0v) is 14.7. The second kappa shape index (κ2) is 6.82. The van der Waals surface area contributed by atoms with Gasteiger partial charge in [0, 0.05) is 22.7 Å². The minimum Gasteiger partial charge on any atom is -0.465 e. The minimum atomic E-state index is -2.16. The van der Waals surface area contributed by atoms with Gasteiger partial charge in [-0.2, -0.15) is 0 Å². The number of rotatable bonds is 4. The maximum absolute atomic E-state index is 12.6. The van der Waals surface area contributed by atoms with Gasteiger partial charge in [0.1, 0.15) is 0 Å². The van der Waals surface area contributed by atoms with E-state index in [2.05, 4.69) is 0 Å². The largest absolute Gasteiger partial charge is 0.465 e. The summed E-state index contributed by atoms with van der Waals surface area (Å²) in [5.41, 5.74) is 4.64. The van der Waals surface area contributed by atoms with Crippen LogP contribution in [0.5, 0.6) is 0 Å². The lowest BCUT2D eigenvalue weighted by molar-refractivity contribution is -0.384. The molecule has 0 bridgehead atoms. The number of hydrogen-bond donors (Lipinski definition) is 1. The van der Waals surface area contributed by atoms with E-state index < -0.39 is 22.6 Å². The summed E-state index contributed by atoms with van der Waals surface area (Å²) >= 11 is 5.91. The standard InChI is InChI=1S/C18H13ClN2O6/c1-26-17(23)18(20)15(11-2-6-12(19)7-3-11)14(16(22)27-18)10-4-8-13(9-5-10)21(24)25/h2-9H,20H2,1H3. The summed E-state index contributed by atoms with van der Waals surface area (Å²) in [6, 6.07) is 11.5. The predicted molar refractivity (Wildman–Crippen MR) is 96.4 cm³/mol. The zero-order chi connectivity index (χ0) is 19.8. The van der Waals surface area contributed by atoms with E-state index in [1.165, 1.54) is 24.3 Å². The van der Waals surface area contributed by atoms with Gasteiger partial charge < -0.3 is 9.47 Å². The van der Waals surface area contributed by atoms with Gasteiger partial charge in [-0.25, -0.2) is 9.59 Å². The van der Waals surface area contributed by atoms with Crippen molar-refractivity contribution in [2.24, 2.45) is 5.73 Å². The van der Waals surface area contributed by atoms with Gasteiger partial charge in [-0.3, -0.25) is 15.8 Å². The van der Waals surface area contributed by atoms with Crippen LogP contribution in [0.15, 0.2) is 48.5 Å². The van der Waals surface area contributed by atoms with Crippen molar-refractivity contribution in [1.82, 2.24) is 0 Å². The topological polar surface area (TPSA) is 122 Å². The van der Waals surface area contributed by atoms with Crippen molar-refractivity contribution in [1.29, 1.82) is 0 Å². The Kier molecular flexibility index (Phi) is 4.69. The number of nitrogens with zero attached hydrogens (tertiary/aromatic N) is 1. The average Bonchev–Trinajstić information content (AvgIpc) is 2.93. The van der Waals surface area contributed by atoms with Crippen LogP contribution in [0.3, 0.4) is 0 Å². The fraction of sp³-hybridized carbons (Fsp3) is 0.111. The molecule has 0 amide bonds. The molecule has 1 aliphatic rings. The highest BCUT2D eigenvalue weighted by Crippen LogP contribution is 2.42. The summed E-state index contributed by atoms with van der Waals surface area (Å²) in [6.07, 6.45) is 0. The summed E-state index contributed by atoms with van der Waals surface area (Å²) in [5.74, 6) is -1.81. The summed E-state index contributed by atoms with van der Waals surface area (Å²) in [4.78, 5) is 35.1. The molecule has 1 heterocycles. The number of nitrogens with two attached hydrogens (primary N) is 1. The number of non-ortho nitro benzene ring substituents is 1. The highest BCUT2D eigenvalue weighted by Gasteiger charge is 2.52. The second-order valence-corrected chi connectivity index (χ2v) is 6.11. The van der Waals surface area contributed by atoms with Gasteiger partial charge in [-0.15, -0.1) is 0 Å². The molecule has 0 aromatic heterocycles. The van der Waals surface area contributed by atoms with E-state index in [-0.39, 0.29) is 16.8 Å². The van der Waals surface area contributed by atoms with Crippen LogP contribution in [0.4, 0.5) is 5.69 Å². The normalized spacial score (nSPS) is 19.0. The van der Waals surface area contributed by atoms with E-state index in [9.17, 15) is 19.7 Å². The maximum atomic E-state index is 12.6. The molecule has 2 aromatic carbocycles. The van der Waals surface area contributed by atoms with E-state index in [0.29, 0.717) is 16.1 Å². The van der Waals surface area contributed by atoms with Crippen LogP contribution in [0.2, 0.25) is 5.02 Å². The number of carbonyl (C=O) groups is 2. The number of nitro groups is 1. The van der Waals surface area contributed by atoms with Crippen LogP contribution >= 0.6 is 11.6 Å². The molecule has 0 spiro atoms. The molecular formula is C18H13ClN2O6. The molecule has 8 nitrogen and oxygen atoms in total. The summed E-state index contributed by atoms with van der Waals surface area (Å²) in [5, 5.41) is 11.3. The molecule has 0 radical (unpaired) electrons. The number of halogens is 1. The summed E-state index contributed by atoms with van der Waals surface area (Å²) in [7, 11) is 1.12. The third-order valence-electron chi connectivity index (χ3n) is 4.07. The lowest BCUT2D eigenvalue weighted by atomic mass is 9.90. The van der Waals surface area contributed by atoms with Gasteiger partial charge in [0.25, 0.3) is 11.4 Å². The number of benzene rings is 2. The molecule has 3 rings (SSSR count). The molecule has 1 unspecified atom stereocenters. The second-order valence-electron chi connectivity index (χ2n) is 5.68. The highest BCUT2D eigenvalue weighted by atomic mass is 35.5. The summed E-state index contributed by atoms with van der Waals surface area (Å²) < 4.78 is 9.87. The highest BCUT2D eigenvalue weighted by molar-refractivity contribution is 6.32. The molecule has 2 aromatic rings. The lowest BCUT2D eigenvalue weighted by Crippen LogP contribution is -2.50. The van der Waals surface area contributed by atoms with Crippen LogP contribution in [-0.2, 0) is 19.1 Å². The molecule has 1 atom stereocenters. The van der Waals surface area contributed by atoms with E-state index in [4.69, 9.17) is 26.8 Å². The first-order chi connectivity index (χ1) is 12.8. The average molecular weight is 389 g/mol. The lowest BCUT2D eigenvalue weighted by Gasteiger charge is -2.23. The van der Waals surface area contributed by atoms with Gasteiger partial charge in [0.05, 0.1) is 17.6 Å². The Morgan fingerprint density at radius 1 is 1.15 bits per heavy atom. The molecule has 0 fully saturated rings. The quantitative estimate of drug-likeness (QED) is 0.485. The number of nitro benzene ring substituents is 1. The SMILES string of the molecule is COC(=O)C1(N)OC(=O)C(c2ccc([N+](=O)[O-])cc2)=C1c1ccc(Cl)cc1. The molecule has 0 saturated carbocycles. The van der Waals surface area contributed by atoms with Crippen LogP contribution in [0, 0.1) is 10.1 Å². The number of carbonyl (C=O) groups excluding carboxylic acids is 2. The van der Waals surface area contributed by atoms with Crippen molar-refractivity contribution in [3.8, 4) is 0 Å². The van der Waals surface area contributed by atoms with Crippen LogP contribution in [-0.4, -0.2) is 29.7 Å². The number of cyclic esters (lactones) is 1. The number of hydrogen-bond acceptors (Lipinski definition) is 7. The van der Waals surface area contributed by atoms with Crippen LogP contribution in [0.25, 0.3) is 11.1 Å². The number of methoxy groups -OCH3 is 1. The van der Waals surface area contributed by atoms with Crippen molar-refractivity contribution < 1.29 is 24.0 Å². The molecule has 27 heavy (non-hydrogen) atoms. The van der Waals surface area contributed by atoms with Crippen LogP contribution in [0.1, 0.15) is 11.1 Å². The van der Waals surface area contributed by atoms with Gasteiger partial charge in [-0.1, -0.05) is 23.7 Å². The van der Waals surface area contributed by atoms with E-state index in [1.807, 2.05) is 0 Å². The first kappa shape index (κ1) is 18.6. The minimum absolute atomic E-state index is 0.0140. The Hall–Kier alpha value is -3.23. The Morgan fingerprint density at radius 3 is 2.22 bits per heavy atom. The molecule has 138 valence electrons. The third-order valence-corrected chi connectivity index (χ3v) is 4.32. The van der Waals surface area contributed by atoms with Gasteiger partial charge in [-0.05, 0) is 35.4 Å². The van der Waals surface area contributed by atoms with Crippen molar-refractivity contribution in [3.63, 3.8) is 0 Å². The van der Waals surface area contributed by atoms with E-state index in [1.54, 1.807) is 24.3 Å². The van der Waals surface area contributed by atoms with Crippen LogP contribution < -0.4 is 5.73 Å². The molecule has 2 N–H and O–H groups in total. The van der Waals surface area contributed by atoms with Gasteiger partial charge in [0.15, 0.2) is 0 Å². The van der Waals surface area contributed by atoms with E-state index >= 15 is 0 Å². The first-order valence-electron chi connectivity index (χ1n) is 7.64.